The number of aromatic nitrogens is 1. The molecule has 16 heavy (non-hydrogen) atoms. The van der Waals surface area contributed by atoms with Gasteiger partial charge in [0.25, 0.3) is 0 Å². The van der Waals surface area contributed by atoms with Crippen LogP contribution in [0.3, 0.4) is 0 Å². The number of nitrogens with one attached hydrogen (secondary N) is 1. The summed E-state index contributed by atoms with van der Waals surface area (Å²) in [6.07, 6.45) is 4.86. The maximum absolute atomic E-state index is 3.43. The number of aryl methyl sites for hydroxylation is 1. The van der Waals surface area contributed by atoms with E-state index in [-0.39, 0.29) is 0 Å². The Morgan fingerprint density at radius 1 is 1.19 bits per heavy atom. The number of hydrogen-bond donors (Lipinski definition) is 1. The fourth-order valence-corrected chi connectivity index (χ4v) is 2.83. The number of fused-ring (bicyclic) bond motifs is 1. The molecule has 0 saturated carbocycles. The molecule has 2 heterocycles. The Morgan fingerprint density at radius 3 is 2.75 bits per heavy atom. The molecule has 1 aliphatic heterocycles. The summed E-state index contributed by atoms with van der Waals surface area (Å²) < 4.78 is 2.26. The first kappa shape index (κ1) is 9.91. The van der Waals surface area contributed by atoms with Gasteiger partial charge in [-0.25, -0.2) is 0 Å². The summed E-state index contributed by atoms with van der Waals surface area (Å²) in [6.45, 7) is 2.32. The average molecular weight is 214 g/mol. The summed E-state index contributed by atoms with van der Waals surface area (Å²) in [5.74, 6) is 0.743. The lowest BCUT2D eigenvalue weighted by atomic mass is 9.90. The lowest BCUT2D eigenvalue weighted by Crippen LogP contribution is -2.26. The van der Waals surface area contributed by atoms with Crippen LogP contribution in [0, 0.1) is 0 Å². The van der Waals surface area contributed by atoms with E-state index in [9.17, 15) is 0 Å². The van der Waals surface area contributed by atoms with Crippen molar-refractivity contribution >= 4 is 10.9 Å². The second-order valence-electron chi connectivity index (χ2n) is 4.74. The zero-order valence-electron chi connectivity index (χ0n) is 9.74. The summed E-state index contributed by atoms with van der Waals surface area (Å²) in [5, 5.41) is 4.87. The van der Waals surface area contributed by atoms with E-state index in [2.05, 4.69) is 47.4 Å². The Kier molecular flexibility index (Phi) is 2.44. The molecule has 1 fully saturated rings. The van der Waals surface area contributed by atoms with Crippen LogP contribution in [0.5, 0.6) is 0 Å². The highest BCUT2D eigenvalue weighted by Gasteiger charge is 2.18. The van der Waals surface area contributed by atoms with Gasteiger partial charge in [-0.15, -0.1) is 0 Å². The van der Waals surface area contributed by atoms with Crippen molar-refractivity contribution in [3.8, 4) is 0 Å². The summed E-state index contributed by atoms with van der Waals surface area (Å²) in [4.78, 5) is 0. The predicted octanol–water partition coefficient (Wildman–Crippen LogP) is 2.65. The second kappa shape index (κ2) is 3.95. The predicted molar refractivity (Wildman–Crippen MR) is 67.8 cm³/mol. The number of rotatable bonds is 1. The molecule has 1 aromatic carbocycles. The van der Waals surface area contributed by atoms with E-state index in [1.165, 1.54) is 23.7 Å². The molecule has 1 aromatic heterocycles. The fourth-order valence-electron chi connectivity index (χ4n) is 2.83. The standard InChI is InChI=1S/C14H18N2/c1-16-10-13(11-6-8-15-9-7-11)12-4-2-3-5-14(12)16/h2-5,10-11,15H,6-9H2,1H3. The van der Waals surface area contributed by atoms with Gasteiger partial charge in [0.05, 0.1) is 0 Å². The van der Waals surface area contributed by atoms with E-state index in [0.717, 1.165) is 19.0 Å². The SMILES string of the molecule is Cn1cc(C2CCNCC2)c2ccccc21. The topological polar surface area (TPSA) is 17.0 Å². The molecule has 1 aliphatic rings. The molecule has 0 radical (unpaired) electrons. The van der Waals surface area contributed by atoms with Crippen LogP contribution in [0.25, 0.3) is 10.9 Å². The maximum atomic E-state index is 3.43. The Bertz CT molecular complexity index is 492. The van der Waals surface area contributed by atoms with Crippen molar-refractivity contribution < 1.29 is 0 Å². The minimum atomic E-state index is 0.743. The van der Waals surface area contributed by atoms with Crippen molar-refractivity contribution in [3.63, 3.8) is 0 Å². The third kappa shape index (κ3) is 1.54. The smallest absolute Gasteiger partial charge is 0.0480 e. The highest BCUT2D eigenvalue weighted by Crippen LogP contribution is 2.32. The molecule has 0 spiro atoms. The number of benzene rings is 1. The van der Waals surface area contributed by atoms with E-state index < -0.39 is 0 Å². The molecular formula is C14H18N2. The summed E-state index contributed by atoms with van der Waals surface area (Å²) in [6, 6.07) is 8.73. The van der Waals surface area contributed by atoms with Crippen LogP contribution < -0.4 is 5.32 Å². The normalized spacial score (nSPS) is 18.1. The average Bonchev–Trinajstić information content (AvgIpc) is 2.69. The summed E-state index contributed by atoms with van der Waals surface area (Å²) >= 11 is 0. The highest BCUT2D eigenvalue weighted by atomic mass is 14.9. The molecule has 0 amide bonds. The Hall–Kier alpha value is -1.28. The van der Waals surface area contributed by atoms with Crippen molar-refractivity contribution in [2.24, 2.45) is 7.05 Å². The van der Waals surface area contributed by atoms with Crippen LogP contribution in [-0.2, 0) is 7.05 Å². The first-order valence-electron chi connectivity index (χ1n) is 6.11. The molecule has 84 valence electrons. The molecule has 0 bridgehead atoms. The molecule has 0 unspecified atom stereocenters. The Labute approximate surface area is 96.3 Å². The largest absolute Gasteiger partial charge is 0.350 e. The Balaban J connectivity index is 2.08. The number of nitrogens with zero attached hydrogens (tertiary/aromatic N) is 1. The third-order valence-electron chi connectivity index (χ3n) is 3.71. The van der Waals surface area contributed by atoms with Crippen molar-refractivity contribution in [3.05, 3.63) is 36.0 Å². The lowest BCUT2D eigenvalue weighted by molar-refractivity contribution is 0.462. The lowest BCUT2D eigenvalue weighted by Gasteiger charge is -2.22. The van der Waals surface area contributed by atoms with Gasteiger partial charge < -0.3 is 9.88 Å². The van der Waals surface area contributed by atoms with Crippen molar-refractivity contribution in [2.75, 3.05) is 13.1 Å². The highest BCUT2D eigenvalue weighted by molar-refractivity contribution is 5.84. The first-order valence-corrected chi connectivity index (χ1v) is 6.11. The third-order valence-corrected chi connectivity index (χ3v) is 3.71. The second-order valence-corrected chi connectivity index (χ2v) is 4.74. The van der Waals surface area contributed by atoms with Crippen molar-refractivity contribution in [2.45, 2.75) is 18.8 Å². The van der Waals surface area contributed by atoms with Gasteiger partial charge in [0.15, 0.2) is 0 Å². The summed E-state index contributed by atoms with van der Waals surface area (Å²) in [7, 11) is 2.15. The van der Waals surface area contributed by atoms with Crippen LogP contribution in [-0.4, -0.2) is 17.7 Å². The van der Waals surface area contributed by atoms with Gasteiger partial charge in [0, 0.05) is 24.1 Å². The molecule has 1 N–H and O–H groups in total. The van der Waals surface area contributed by atoms with Crippen LogP contribution in [0.4, 0.5) is 0 Å². The molecule has 2 aromatic rings. The van der Waals surface area contributed by atoms with Gasteiger partial charge in [-0.05, 0) is 43.5 Å². The zero-order chi connectivity index (χ0) is 11.0. The van der Waals surface area contributed by atoms with E-state index >= 15 is 0 Å². The Morgan fingerprint density at radius 2 is 1.94 bits per heavy atom. The number of piperidine rings is 1. The van der Waals surface area contributed by atoms with E-state index in [1.807, 2.05) is 0 Å². The van der Waals surface area contributed by atoms with Crippen molar-refractivity contribution in [1.29, 1.82) is 0 Å². The van der Waals surface area contributed by atoms with Crippen molar-refractivity contribution in [1.82, 2.24) is 9.88 Å². The maximum Gasteiger partial charge on any atom is 0.0480 e. The van der Waals surface area contributed by atoms with Gasteiger partial charge in [-0.1, -0.05) is 18.2 Å². The van der Waals surface area contributed by atoms with Gasteiger partial charge in [0.1, 0.15) is 0 Å². The van der Waals surface area contributed by atoms with Crippen LogP contribution in [0.1, 0.15) is 24.3 Å². The molecular weight excluding hydrogens is 196 g/mol. The minimum Gasteiger partial charge on any atom is -0.350 e. The molecule has 2 nitrogen and oxygen atoms in total. The van der Waals surface area contributed by atoms with E-state index in [1.54, 1.807) is 5.56 Å². The zero-order valence-corrected chi connectivity index (χ0v) is 9.74. The van der Waals surface area contributed by atoms with Gasteiger partial charge in [-0.2, -0.15) is 0 Å². The van der Waals surface area contributed by atoms with Crippen LogP contribution >= 0.6 is 0 Å². The minimum absolute atomic E-state index is 0.743. The molecule has 3 rings (SSSR count). The molecule has 1 saturated heterocycles. The monoisotopic (exact) mass is 214 g/mol. The first-order chi connectivity index (χ1) is 7.86. The van der Waals surface area contributed by atoms with Crippen LogP contribution in [0.15, 0.2) is 30.5 Å². The fraction of sp³-hybridized carbons (Fsp3) is 0.429. The van der Waals surface area contributed by atoms with Gasteiger partial charge >= 0.3 is 0 Å². The van der Waals surface area contributed by atoms with Gasteiger partial charge in [0.2, 0.25) is 0 Å². The quantitative estimate of drug-likeness (QED) is 0.772. The van der Waals surface area contributed by atoms with Crippen LogP contribution in [0.2, 0.25) is 0 Å². The molecule has 2 heteroatoms. The van der Waals surface area contributed by atoms with E-state index in [4.69, 9.17) is 0 Å². The van der Waals surface area contributed by atoms with E-state index in [0.29, 0.717) is 0 Å². The molecule has 0 aliphatic carbocycles. The number of para-hydroxylation sites is 1. The molecule has 0 atom stereocenters. The van der Waals surface area contributed by atoms with Gasteiger partial charge in [-0.3, -0.25) is 0 Å². The summed E-state index contributed by atoms with van der Waals surface area (Å²) in [5.41, 5.74) is 2.90. The number of hydrogen-bond acceptors (Lipinski definition) is 1.